The zero-order chi connectivity index (χ0) is 17.6. The molecule has 1 aromatic carbocycles. The van der Waals surface area contributed by atoms with Gasteiger partial charge >= 0.3 is 27.3 Å². The summed E-state index contributed by atoms with van der Waals surface area (Å²) in [5, 5.41) is 10.8. The van der Waals surface area contributed by atoms with Crippen LogP contribution in [0.2, 0.25) is 5.02 Å². The Morgan fingerprint density at radius 3 is 1.76 bits per heavy atom. The summed E-state index contributed by atoms with van der Waals surface area (Å²) in [4.78, 5) is 7.56. The number of pyridine rings is 2. The van der Waals surface area contributed by atoms with Gasteiger partial charge < -0.3 is 9.66 Å². The molecule has 0 aliphatic carbocycles. The summed E-state index contributed by atoms with van der Waals surface area (Å²) in [5.74, 6) is -0.839. The summed E-state index contributed by atoms with van der Waals surface area (Å²) in [7, 11) is -4.70. The minimum Gasteiger partial charge on any atom is -0.872 e. The van der Waals surface area contributed by atoms with Crippen molar-refractivity contribution in [1.82, 2.24) is 9.97 Å². The van der Waals surface area contributed by atoms with E-state index in [2.05, 4.69) is 9.97 Å². The Hall–Kier alpha value is -1.56. The van der Waals surface area contributed by atoms with Gasteiger partial charge in [-0.1, -0.05) is 35.5 Å². The summed E-state index contributed by atoms with van der Waals surface area (Å²) in [6.07, 6.45) is 3.54. The van der Waals surface area contributed by atoms with Crippen LogP contribution in [0.3, 0.4) is 0 Å². The van der Waals surface area contributed by atoms with Crippen LogP contribution in [-0.2, 0) is 10.1 Å². The molecule has 2 heterocycles. The first kappa shape index (κ1) is 21.5. The van der Waals surface area contributed by atoms with Gasteiger partial charge in [0, 0.05) is 22.3 Å². The predicted octanol–water partition coefficient (Wildman–Crippen LogP) is 2.08. The topological polar surface area (TPSA) is 106 Å². The Kier molecular flexibility index (Phi) is 8.42. The van der Waals surface area contributed by atoms with Crippen molar-refractivity contribution in [2.24, 2.45) is 0 Å². The van der Waals surface area contributed by atoms with Gasteiger partial charge in [0.1, 0.15) is 10.1 Å². The minimum absolute atomic E-state index is 0. The van der Waals surface area contributed by atoms with Gasteiger partial charge in [-0.15, -0.1) is 0 Å². The number of nitrogens with zero attached hydrogens (tertiary/aromatic N) is 2. The van der Waals surface area contributed by atoms with E-state index >= 15 is 0 Å². The third-order valence-corrected chi connectivity index (χ3v) is 3.86. The molecule has 0 bridgehead atoms. The Balaban J connectivity index is 0.000000240. The molecule has 0 fully saturated rings. The van der Waals surface area contributed by atoms with Crippen LogP contribution in [0.4, 0.5) is 0 Å². The van der Waals surface area contributed by atoms with Gasteiger partial charge in [-0.3, -0.25) is 9.97 Å². The normalized spacial score (nSPS) is 10.2. The van der Waals surface area contributed by atoms with Crippen molar-refractivity contribution in [2.75, 3.05) is 0 Å². The molecule has 6 nitrogen and oxygen atoms in total. The molecule has 3 rings (SSSR count). The van der Waals surface area contributed by atoms with Crippen LogP contribution < -0.4 is 5.11 Å². The molecule has 0 aliphatic rings. The maximum Gasteiger partial charge on any atom is 2.00 e. The van der Waals surface area contributed by atoms with Crippen LogP contribution in [0, 0.1) is 0 Å². The molecule has 2 radical (unpaired) electrons. The number of hydrogen-bond acceptors (Lipinski definition) is 6. The summed E-state index contributed by atoms with van der Waals surface area (Å²) < 4.78 is 31.2. The zero-order valence-electron chi connectivity index (χ0n) is 12.7. The number of aromatic nitrogens is 2. The number of benzene rings is 1. The molecule has 0 N–H and O–H groups in total. The minimum atomic E-state index is -4.70. The first-order valence-corrected chi connectivity index (χ1v) is 8.41. The second kappa shape index (κ2) is 9.80. The van der Waals surface area contributed by atoms with E-state index in [1.165, 1.54) is 6.07 Å². The Bertz CT molecular complexity index is 872. The fourth-order valence-electron chi connectivity index (χ4n) is 1.71. The van der Waals surface area contributed by atoms with E-state index in [-0.39, 0.29) is 32.3 Å². The van der Waals surface area contributed by atoms with Crippen molar-refractivity contribution in [2.45, 2.75) is 4.90 Å². The van der Waals surface area contributed by atoms with Crippen molar-refractivity contribution in [1.29, 1.82) is 0 Å². The standard InChI is InChI=1S/C10H8N2.C6H5ClO4S.Pb/c1-3-7-11-9(5-1)10-6-2-4-8-12-10;7-4-1-2-5(8)6(3-4)12(9,10)11;/h1-8H;1-3,8H,(H,9,10,11);/q;;+2/p-2. The largest absolute Gasteiger partial charge is 2.00 e. The van der Waals surface area contributed by atoms with Crippen LogP contribution in [0.1, 0.15) is 0 Å². The summed E-state index contributed by atoms with van der Waals surface area (Å²) >= 11 is 5.38. The second-order valence-corrected chi connectivity index (χ2v) is 6.26. The average Bonchev–Trinajstić information content (AvgIpc) is 2.58. The molecule has 9 heteroatoms. The van der Waals surface area contributed by atoms with Crippen LogP contribution >= 0.6 is 11.6 Å². The molecule has 0 atom stereocenters. The van der Waals surface area contributed by atoms with Gasteiger partial charge in [0.2, 0.25) is 0 Å². The molecule has 0 saturated heterocycles. The van der Waals surface area contributed by atoms with Crippen LogP contribution in [0.5, 0.6) is 5.75 Å². The Morgan fingerprint density at radius 1 is 0.880 bits per heavy atom. The fourth-order valence-corrected chi connectivity index (χ4v) is 2.53. The Morgan fingerprint density at radius 2 is 1.40 bits per heavy atom. The van der Waals surface area contributed by atoms with Crippen LogP contribution in [-0.4, -0.2) is 50.2 Å². The first-order valence-electron chi connectivity index (χ1n) is 6.63. The molecule has 0 saturated carbocycles. The van der Waals surface area contributed by atoms with Crippen molar-refractivity contribution < 1.29 is 18.1 Å². The number of halogens is 1. The molecular formula is C16H11ClN2O4PbS. The van der Waals surface area contributed by atoms with Gasteiger partial charge in [-0.2, -0.15) is 0 Å². The summed E-state index contributed by atoms with van der Waals surface area (Å²) in [6, 6.07) is 14.6. The van der Waals surface area contributed by atoms with Gasteiger partial charge in [0.15, 0.2) is 0 Å². The van der Waals surface area contributed by atoms with Gasteiger partial charge in [0.05, 0.1) is 11.4 Å². The van der Waals surface area contributed by atoms with Crippen LogP contribution in [0.25, 0.3) is 11.4 Å². The van der Waals surface area contributed by atoms with Crippen molar-refractivity contribution in [3.63, 3.8) is 0 Å². The maximum atomic E-state index is 10.8. The Labute approximate surface area is 170 Å². The smallest absolute Gasteiger partial charge is 0.872 e. The van der Waals surface area contributed by atoms with E-state index in [4.69, 9.17) is 11.6 Å². The molecule has 2 aromatic heterocycles. The van der Waals surface area contributed by atoms with E-state index < -0.39 is 20.8 Å². The zero-order valence-corrected chi connectivity index (χ0v) is 18.1. The summed E-state index contributed by atoms with van der Waals surface area (Å²) in [5.41, 5.74) is 1.83. The van der Waals surface area contributed by atoms with Gasteiger partial charge in [-0.05, 0) is 36.4 Å². The summed E-state index contributed by atoms with van der Waals surface area (Å²) in [6.45, 7) is 0. The molecular weight excluding hydrogens is 559 g/mol. The third kappa shape index (κ3) is 6.69. The van der Waals surface area contributed by atoms with Crippen LogP contribution in [0.15, 0.2) is 71.9 Å². The molecule has 0 spiro atoms. The number of hydrogen-bond donors (Lipinski definition) is 0. The monoisotopic (exact) mass is 570 g/mol. The number of rotatable bonds is 2. The fraction of sp³-hybridized carbons (Fsp3) is 0. The average molecular weight is 570 g/mol. The van der Waals surface area contributed by atoms with E-state index in [0.29, 0.717) is 0 Å². The second-order valence-electron chi connectivity index (χ2n) is 4.48. The first-order chi connectivity index (χ1) is 11.4. The SMILES string of the molecule is O=S(=O)([O-])c1cc(Cl)ccc1[O-].[Pb+2].c1ccc(-c2ccccn2)nc1. The maximum absolute atomic E-state index is 10.8. The van der Waals surface area contributed by atoms with E-state index in [9.17, 15) is 18.1 Å². The molecule has 25 heavy (non-hydrogen) atoms. The molecule has 0 unspecified atom stereocenters. The molecule has 126 valence electrons. The third-order valence-electron chi connectivity index (χ3n) is 2.77. The molecule has 0 amide bonds. The van der Waals surface area contributed by atoms with Gasteiger partial charge in [0.25, 0.3) is 0 Å². The van der Waals surface area contributed by atoms with E-state index in [1.807, 2.05) is 36.4 Å². The van der Waals surface area contributed by atoms with Crippen molar-refractivity contribution in [3.05, 3.63) is 72.0 Å². The molecule has 0 aliphatic heterocycles. The van der Waals surface area contributed by atoms with E-state index in [0.717, 1.165) is 23.5 Å². The molecule has 3 aromatic rings. The van der Waals surface area contributed by atoms with Crippen molar-refractivity contribution in [3.8, 4) is 17.1 Å². The predicted molar refractivity (Wildman–Crippen MR) is 92.1 cm³/mol. The quantitative estimate of drug-likeness (QED) is 0.346. The van der Waals surface area contributed by atoms with Gasteiger partial charge in [-0.25, -0.2) is 8.42 Å². The van der Waals surface area contributed by atoms with E-state index in [1.54, 1.807) is 12.4 Å². The van der Waals surface area contributed by atoms with Crippen molar-refractivity contribution >= 4 is 49.0 Å².